The third-order valence-electron chi connectivity index (χ3n) is 5.87. The Bertz CT molecular complexity index is 1260. The summed E-state index contributed by atoms with van der Waals surface area (Å²) >= 11 is 0. The van der Waals surface area contributed by atoms with E-state index in [0.717, 1.165) is 33.7 Å². The Hall–Kier alpha value is -3.34. The summed E-state index contributed by atoms with van der Waals surface area (Å²) < 4.78 is 0. The Morgan fingerprint density at radius 2 is 1.36 bits per heavy atom. The van der Waals surface area contributed by atoms with E-state index in [2.05, 4.69) is 52.7 Å². The van der Waals surface area contributed by atoms with Gasteiger partial charge < -0.3 is 11.5 Å². The van der Waals surface area contributed by atoms with Crippen LogP contribution in [0.2, 0.25) is 0 Å². The molecule has 0 bridgehead atoms. The monoisotopic (exact) mass is 362 g/mol. The summed E-state index contributed by atoms with van der Waals surface area (Å²) in [6.07, 6.45) is 2.55. The summed E-state index contributed by atoms with van der Waals surface area (Å²) in [5.74, 6) is 0. The van der Waals surface area contributed by atoms with Crippen LogP contribution in [0.1, 0.15) is 17.5 Å². The van der Waals surface area contributed by atoms with Gasteiger partial charge in [-0.05, 0) is 33.9 Å². The molecule has 0 radical (unpaired) electrons. The molecule has 3 aliphatic carbocycles. The van der Waals surface area contributed by atoms with Crippen LogP contribution in [-0.2, 0) is 0 Å². The molecule has 0 aliphatic heterocycles. The SMILES string of the molecule is NC1(N)CC=C(N=Nc2cccc3c2-c2ccccc2-3)C2=C1c1ccccc12. The fraction of sp³-hybridized carbons (Fsp3) is 0.0833. The molecule has 0 atom stereocenters. The summed E-state index contributed by atoms with van der Waals surface area (Å²) in [5.41, 5.74) is 22.8. The standard InChI is InChI=1S/C24H18N4/c25-24(26)13-12-20(22-17-8-3-4-9-18(17)23(22)24)28-27-19-11-5-10-16-14-6-1-2-7-15(14)21(16)19/h1-12H,13,25-26H2. The molecule has 0 saturated carbocycles. The van der Waals surface area contributed by atoms with Crippen molar-refractivity contribution in [1.29, 1.82) is 0 Å². The van der Waals surface area contributed by atoms with Crippen molar-refractivity contribution in [1.82, 2.24) is 0 Å². The van der Waals surface area contributed by atoms with E-state index in [4.69, 9.17) is 11.5 Å². The second-order valence-electron chi connectivity index (χ2n) is 7.57. The number of allylic oxidation sites excluding steroid dienone is 1. The average molecular weight is 362 g/mol. The average Bonchev–Trinajstić information content (AvgIpc) is 2.68. The number of nitrogens with two attached hydrogens (primary N) is 2. The molecule has 3 aromatic rings. The maximum atomic E-state index is 6.36. The van der Waals surface area contributed by atoms with Crippen molar-refractivity contribution in [2.45, 2.75) is 12.1 Å². The van der Waals surface area contributed by atoms with Crippen molar-refractivity contribution in [3.63, 3.8) is 0 Å². The molecule has 0 saturated heterocycles. The fourth-order valence-electron chi connectivity index (χ4n) is 4.55. The van der Waals surface area contributed by atoms with Gasteiger partial charge in [0.05, 0.1) is 17.0 Å². The van der Waals surface area contributed by atoms with E-state index in [9.17, 15) is 0 Å². The van der Waals surface area contributed by atoms with E-state index in [0.29, 0.717) is 6.42 Å². The van der Waals surface area contributed by atoms with E-state index in [-0.39, 0.29) is 0 Å². The van der Waals surface area contributed by atoms with Crippen molar-refractivity contribution in [2.75, 3.05) is 0 Å². The number of fused-ring (bicyclic) bond motifs is 7. The Kier molecular flexibility index (Phi) is 3.00. The Morgan fingerprint density at radius 1 is 0.679 bits per heavy atom. The molecule has 28 heavy (non-hydrogen) atoms. The van der Waals surface area contributed by atoms with Gasteiger partial charge in [-0.1, -0.05) is 66.7 Å². The fourth-order valence-corrected chi connectivity index (χ4v) is 4.55. The van der Waals surface area contributed by atoms with Crippen molar-refractivity contribution < 1.29 is 0 Å². The summed E-state index contributed by atoms with van der Waals surface area (Å²) in [6.45, 7) is 0. The number of rotatable bonds is 2. The molecule has 0 heterocycles. The van der Waals surface area contributed by atoms with E-state index >= 15 is 0 Å². The van der Waals surface area contributed by atoms with Gasteiger partial charge in [0.25, 0.3) is 0 Å². The molecule has 0 amide bonds. The first-order chi connectivity index (χ1) is 13.6. The molecule has 0 fully saturated rings. The minimum absolute atomic E-state index is 0.546. The number of hydrogen-bond acceptors (Lipinski definition) is 4. The van der Waals surface area contributed by atoms with Crippen molar-refractivity contribution in [2.24, 2.45) is 21.7 Å². The van der Waals surface area contributed by atoms with Crippen LogP contribution >= 0.6 is 0 Å². The first kappa shape index (κ1) is 15.7. The number of hydrogen-bond donors (Lipinski definition) is 2. The van der Waals surface area contributed by atoms with Gasteiger partial charge in [-0.15, -0.1) is 5.11 Å². The highest BCUT2D eigenvalue weighted by Crippen LogP contribution is 2.53. The molecule has 0 unspecified atom stereocenters. The van der Waals surface area contributed by atoms with Gasteiger partial charge in [0.2, 0.25) is 0 Å². The van der Waals surface area contributed by atoms with Crippen LogP contribution in [0, 0.1) is 0 Å². The lowest BCUT2D eigenvalue weighted by Crippen LogP contribution is -2.53. The van der Waals surface area contributed by atoms with Gasteiger partial charge in [-0.3, -0.25) is 0 Å². The van der Waals surface area contributed by atoms with E-state index in [1.807, 2.05) is 30.3 Å². The largest absolute Gasteiger partial charge is 0.309 e. The zero-order valence-corrected chi connectivity index (χ0v) is 15.2. The zero-order valence-electron chi connectivity index (χ0n) is 15.2. The Morgan fingerprint density at radius 3 is 2.18 bits per heavy atom. The lowest BCUT2D eigenvalue weighted by Gasteiger charge is -2.40. The molecule has 134 valence electrons. The van der Waals surface area contributed by atoms with Gasteiger partial charge in [0, 0.05) is 23.1 Å². The lowest BCUT2D eigenvalue weighted by molar-refractivity contribution is 0.571. The minimum Gasteiger partial charge on any atom is -0.309 e. The van der Waals surface area contributed by atoms with Crippen LogP contribution in [0.3, 0.4) is 0 Å². The summed E-state index contributed by atoms with van der Waals surface area (Å²) in [6, 6.07) is 22.8. The molecule has 4 N–H and O–H groups in total. The predicted octanol–water partition coefficient (Wildman–Crippen LogP) is 5.24. The van der Waals surface area contributed by atoms with Crippen LogP contribution < -0.4 is 11.5 Å². The molecule has 4 nitrogen and oxygen atoms in total. The van der Waals surface area contributed by atoms with E-state index in [1.54, 1.807) is 0 Å². The highest BCUT2D eigenvalue weighted by Gasteiger charge is 2.41. The molecule has 3 aromatic carbocycles. The number of azo groups is 1. The first-order valence-corrected chi connectivity index (χ1v) is 9.42. The molecule has 3 aliphatic rings. The van der Waals surface area contributed by atoms with E-state index in [1.165, 1.54) is 22.3 Å². The number of nitrogens with zero attached hydrogens (tertiary/aromatic N) is 2. The van der Waals surface area contributed by atoms with Crippen LogP contribution in [0.15, 0.2) is 88.7 Å². The van der Waals surface area contributed by atoms with Crippen molar-refractivity contribution >= 4 is 16.8 Å². The maximum absolute atomic E-state index is 6.36. The third kappa shape index (κ3) is 1.96. The molecular weight excluding hydrogens is 344 g/mol. The molecule has 0 aromatic heterocycles. The summed E-state index contributed by atoms with van der Waals surface area (Å²) in [5, 5.41) is 9.25. The van der Waals surface area contributed by atoms with E-state index < -0.39 is 5.66 Å². The van der Waals surface area contributed by atoms with Gasteiger partial charge in [0.15, 0.2) is 0 Å². The highest BCUT2D eigenvalue weighted by molar-refractivity contribution is 6.13. The molecule has 6 rings (SSSR count). The highest BCUT2D eigenvalue weighted by atomic mass is 15.1. The van der Waals surface area contributed by atoms with Crippen molar-refractivity contribution in [3.05, 3.63) is 89.6 Å². The second-order valence-corrected chi connectivity index (χ2v) is 7.57. The first-order valence-electron chi connectivity index (χ1n) is 9.42. The predicted molar refractivity (Wildman–Crippen MR) is 112 cm³/mol. The minimum atomic E-state index is -0.849. The van der Waals surface area contributed by atoms with Gasteiger partial charge >= 0.3 is 0 Å². The molecule has 4 heteroatoms. The smallest absolute Gasteiger partial charge is 0.0948 e. The number of benzene rings is 3. The Balaban J connectivity index is 1.40. The van der Waals surface area contributed by atoms with Crippen LogP contribution in [0.5, 0.6) is 0 Å². The van der Waals surface area contributed by atoms with Gasteiger partial charge in [0.1, 0.15) is 0 Å². The summed E-state index contributed by atoms with van der Waals surface area (Å²) in [7, 11) is 0. The normalized spacial score (nSPS) is 17.7. The van der Waals surface area contributed by atoms with Crippen LogP contribution in [0.4, 0.5) is 5.69 Å². The van der Waals surface area contributed by atoms with Crippen molar-refractivity contribution in [3.8, 4) is 22.3 Å². The Labute approximate surface area is 162 Å². The topological polar surface area (TPSA) is 76.8 Å². The molecular formula is C24H18N4. The third-order valence-corrected chi connectivity index (χ3v) is 5.87. The van der Waals surface area contributed by atoms with Crippen LogP contribution in [-0.4, -0.2) is 5.66 Å². The zero-order chi connectivity index (χ0) is 18.9. The van der Waals surface area contributed by atoms with Gasteiger partial charge in [-0.2, -0.15) is 5.11 Å². The maximum Gasteiger partial charge on any atom is 0.0948 e. The van der Waals surface area contributed by atoms with Crippen LogP contribution in [0.25, 0.3) is 33.4 Å². The lowest BCUT2D eigenvalue weighted by atomic mass is 9.70. The quantitative estimate of drug-likeness (QED) is 0.378. The summed E-state index contributed by atoms with van der Waals surface area (Å²) in [4.78, 5) is 0. The van der Waals surface area contributed by atoms with Gasteiger partial charge in [-0.25, -0.2) is 0 Å². The molecule has 0 spiro atoms. The second kappa shape index (κ2) is 5.35.